The molecule has 0 radical (unpaired) electrons. The van der Waals surface area contributed by atoms with E-state index in [1.54, 1.807) is 6.08 Å². The van der Waals surface area contributed by atoms with E-state index in [9.17, 15) is 10.4 Å². The van der Waals surface area contributed by atoms with E-state index in [0.717, 1.165) is 10.0 Å². The Hall–Kier alpha value is -1.15. The van der Waals surface area contributed by atoms with Crippen LogP contribution in [0.5, 0.6) is 0 Å². The predicted molar refractivity (Wildman–Crippen MR) is 74.1 cm³/mol. The number of benzene rings is 1. The molecule has 0 amide bonds. The first kappa shape index (κ1) is 13.3. The van der Waals surface area contributed by atoms with Gasteiger partial charge in [-0.25, -0.2) is 0 Å². The van der Waals surface area contributed by atoms with Crippen LogP contribution >= 0.6 is 15.9 Å². The number of hydrogen-bond acceptors (Lipinski definition) is 3. The number of halogens is 1. The smallest absolute Gasteiger partial charge is 0.107 e. The summed E-state index contributed by atoms with van der Waals surface area (Å²) in [5.41, 5.74) is 1.10. The SMILES string of the molecule is C=CCN1[C@H](CO)[C@H](c2ccc(Br)cc2)[C@@H]1C#N. The van der Waals surface area contributed by atoms with Gasteiger partial charge in [-0.15, -0.1) is 6.58 Å². The van der Waals surface area contributed by atoms with Crippen molar-refractivity contribution in [3.8, 4) is 6.07 Å². The summed E-state index contributed by atoms with van der Waals surface area (Å²) in [6.45, 7) is 4.39. The van der Waals surface area contributed by atoms with E-state index in [-0.39, 0.29) is 24.6 Å². The van der Waals surface area contributed by atoms with Crippen molar-refractivity contribution < 1.29 is 5.11 Å². The Bertz CT molecular complexity index is 466. The Kier molecular flexibility index (Phi) is 4.18. The van der Waals surface area contributed by atoms with E-state index in [1.165, 1.54) is 0 Å². The van der Waals surface area contributed by atoms with Crippen molar-refractivity contribution in [3.63, 3.8) is 0 Å². The Balaban J connectivity index is 2.24. The molecule has 1 N–H and O–H groups in total. The van der Waals surface area contributed by atoms with E-state index < -0.39 is 0 Å². The molecular formula is C14H15BrN2O. The van der Waals surface area contributed by atoms with Crippen LogP contribution in [0.15, 0.2) is 41.4 Å². The molecular weight excluding hydrogens is 292 g/mol. The molecule has 1 saturated heterocycles. The molecule has 3 nitrogen and oxygen atoms in total. The maximum Gasteiger partial charge on any atom is 0.107 e. The summed E-state index contributed by atoms with van der Waals surface area (Å²) in [6, 6.07) is 10.1. The molecule has 94 valence electrons. The van der Waals surface area contributed by atoms with Crippen LogP contribution in [0.4, 0.5) is 0 Å². The molecule has 1 aliphatic heterocycles. The van der Waals surface area contributed by atoms with Gasteiger partial charge in [0.15, 0.2) is 0 Å². The normalized spacial score (nSPS) is 27.3. The first-order chi connectivity index (χ1) is 8.72. The van der Waals surface area contributed by atoms with Crippen molar-refractivity contribution in [2.24, 2.45) is 0 Å². The van der Waals surface area contributed by atoms with Crippen molar-refractivity contribution in [1.82, 2.24) is 4.90 Å². The van der Waals surface area contributed by atoms with E-state index >= 15 is 0 Å². The number of hydrogen-bond donors (Lipinski definition) is 1. The minimum absolute atomic E-state index is 0.00817. The molecule has 0 bridgehead atoms. The summed E-state index contributed by atoms with van der Waals surface area (Å²) in [4.78, 5) is 1.99. The molecule has 18 heavy (non-hydrogen) atoms. The highest BCUT2D eigenvalue weighted by molar-refractivity contribution is 9.10. The average molecular weight is 307 g/mol. The van der Waals surface area contributed by atoms with Gasteiger partial charge < -0.3 is 5.11 Å². The van der Waals surface area contributed by atoms with Crippen LogP contribution in [-0.2, 0) is 0 Å². The summed E-state index contributed by atoms with van der Waals surface area (Å²) in [6.07, 6.45) is 1.77. The van der Waals surface area contributed by atoms with E-state index in [2.05, 4.69) is 28.6 Å². The highest BCUT2D eigenvalue weighted by Gasteiger charge is 2.48. The maximum atomic E-state index is 9.49. The van der Waals surface area contributed by atoms with Crippen molar-refractivity contribution in [1.29, 1.82) is 5.26 Å². The van der Waals surface area contributed by atoms with Gasteiger partial charge in [-0.1, -0.05) is 34.1 Å². The lowest BCUT2D eigenvalue weighted by atomic mass is 9.76. The molecule has 0 aromatic heterocycles. The van der Waals surface area contributed by atoms with Crippen molar-refractivity contribution in [2.45, 2.75) is 18.0 Å². The number of likely N-dealkylation sites (tertiary alicyclic amines) is 1. The fourth-order valence-corrected chi connectivity index (χ4v) is 2.85. The fraction of sp³-hybridized carbons (Fsp3) is 0.357. The van der Waals surface area contributed by atoms with Crippen LogP contribution in [0.2, 0.25) is 0 Å². The van der Waals surface area contributed by atoms with Gasteiger partial charge >= 0.3 is 0 Å². The van der Waals surface area contributed by atoms with Gasteiger partial charge in [0.25, 0.3) is 0 Å². The number of nitrogens with zero attached hydrogens (tertiary/aromatic N) is 2. The molecule has 0 unspecified atom stereocenters. The number of nitriles is 1. The molecule has 2 rings (SSSR count). The van der Waals surface area contributed by atoms with Gasteiger partial charge in [0.05, 0.1) is 12.7 Å². The topological polar surface area (TPSA) is 47.3 Å². The lowest BCUT2D eigenvalue weighted by Gasteiger charge is -2.51. The zero-order chi connectivity index (χ0) is 13.1. The van der Waals surface area contributed by atoms with Crippen molar-refractivity contribution >= 4 is 15.9 Å². The molecule has 3 atom stereocenters. The molecule has 4 heteroatoms. The van der Waals surface area contributed by atoms with E-state index in [4.69, 9.17) is 0 Å². The Labute approximate surface area is 115 Å². The molecule has 1 aromatic rings. The third kappa shape index (κ3) is 2.22. The summed E-state index contributed by atoms with van der Waals surface area (Å²) >= 11 is 3.40. The van der Waals surface area contributed by atoms with Gasteiger partial charge in [0.1, 0.15) is 6.04 Å². The summed E-state index contributed by atoms with van der Waals surface area (Å²) in [7, 11) is 0. The van der Waals surface area contributed by atoms with Gasteiger partial charge in [-0.3, -0.25) is 4.90 Å². The Morgan fingerprint density at radius 1 is 1.44 bits per heavy atom. The molecule has 0 aliphatic carbocycles. The van der Waals surface area contributed by atoms with Gasteiger partial charge in [0, 0.05) is 23.0 Å². The largest absolute Gasteiger partial charge is 0.395 e. The lowest BCUT2D eigenvalue weighted by Crippen LogP contribution is -2.63. The van der Waals surface area contributed by atoms with Gasteiger partial charge in [0.2, 0.25) is 0 Å². The van der Waals surface area contributed by atoms with Gasteiger partial charge in [-0.2, -0.15) is 5.26 Å². The van der Waals surface area contributed by atoms with Crippen molar-refractivity contribution in [2.75, 3.05) is 13.2 Å². The summed E-state index contributed by atoms with van der Waals surface area (Å²) < 4.78 is 1.02. The molecule has 0 spiro atoms. The maximum absolute atomic E-state index is 9.49. The first-order valence-corrected chi connectivity index (χ1v) is 6.64. The lowest BCUT2D eigenvalue weighted by molar-refractivity contribution is -0.00730. The monoisotopic (exact) mass is 306 g/mol. The highest BCUT2D eigenvalue weighted by Crippen LogP contribution is 2.40. The Morgan fingerprint density at radius 3 is 2.61 bits per heavy atom. The molecule has 1 aromatic carbocycles. The van der Waals surface area contributed by atoms with Crippen LogP contribution < -0.4 is 0 Å². The summed E-state index contributed by atoms with van der Waals surface area (Å²) in [5.74, 6) is 0.0769. The zero-order valence-corrected chi connectivity index (χ0v) is 11.5. The van der Waals surface area contributed by atoms with Crippen molar-refractivity contribution in [3.05, 3.63) is 47.0 Å². The number of rotatable bonds is 4. The minimum Gasteiger partial charge on any atom is -0.395 e. The van der Waals surface area contributed by atoms with E-state index in [0.29, 0.717) is 6.54 Å². The molecule has 0 saturated carbocycles. The standard InChI is InChI=1S/C14H15BrN2O/c1-2-7-17-12(8-16)14(13(17)9-18)10-3-5-11(15)6-4-10/h2-6,12-14,18H,1,7,9H2/t12-,13+,14+/m0/s1. The first-order valence-electron chi connectivity index (χ1n) is 5.85. The predicted octanol–water partition coefficient (Wildman–Crippen LogP) is 2.29. The second-order valence-electron chi connectivity index (χ2n) is 4.39. The zero-order valence-electron chi connectivity index (χ0n) is 9.96. The second kappa shape index (κ2) is 5.66. The third-order valence-corrected chi connectivity index (χ3v) is 3.98. The average Bonchev–Trinajstić information content (AvgIpc) is 2.37. The molecule has 1 heterocycles. The van der Waals surface area contributed by atoms with Crippen LogP contribution in [0, 0.1) is 11.3 Å². The van der Waals surface area contributed by atoms with Crippen LogP contribution in [0.1, 0.15) is 11.5 Å². The van der Waals surface area contributed by atoms with Crippen LogP contribution in [-0.4, -0.2) is 35.2 Å². The minimum atomic E-state index is -0.179. The quantitative estimate of drug-likeness (QED) is 0.868. The highest BCUT2D eigenvalue weighted by atomic mass is 79.9. The third-order valence-electron chi connectivity index (χ3n) is 3.45. The summed E-state index contributed by atoms with van der Waals surface area (Å²) in [5, 5.41) is 18.8. The molecule has 1 fully saturated rings. The second-order valence-corrected chi connectivity index (χ2v) is 5.30. The van der Waals surface area contributed by atoms with Crippen LogP contribution in [0.25, 0.3) is 0 Å². The molecule has 1 aliphatic rings. The number of aliphatic hydroxyl groups is 1. The van der Waals surface area contributed by atoms with E-state index in [1.807, 2.05) is 29.2 Å². The Morgan fingerprint density at radius 2 is 2.11 bits per heavy atom. The number of aliphatic hydroxyl groups excluding tert-OH is 1. The van der Waals surface area contributed by atoms with Crippen LogP contribution in [0.3, 0.4) is 0 Å². The van der Waals surface area contributed by atoms with Gasteiger partial charge in [-0.05, 0) is 17.7 Å². The fourth-order valence-electron chi connectivity index (χ4n) is 2.59.